The normalized spacial score (nSPS) is 16.1. The largest absolute Gasteiger partial charge is 0.325 e. The average molecular weight is 687 g/mol. The summed E-state index contributed by atoms with van der Waals surface area (Å²) >= 11 is 0. The summed E-state index contributed by atoms with van der Waals surface area (Å²) in [6.45, 7) is -0.113. The minimum atomic E-state index is -5.62. The van der Waals surface area contributed by atoms with Gasteiger partial charge in [-0.15, -0.1) is 22.7 Å². The van der Waals surface area contributed by atoms with Crippen molar-refractivity contribution < 1.29 is 70.3 Å². The summed E-state index contributed by atoms with van der Waals surface area (Å²) in [6, 6.07) is 4.53. The first-order chi connectivity index (χ1) is 21.8. The molecular weight excluding hydrogens is 670 g/mol. The molecule has 0 spiro atoms. The zero-order valence-electron chi connectivity index (χ0n) is 23.7. The highest BCUT2D eigenvalue weighted by Crippen LogP contribution is 2.36. The van der Waals surface area contributed by atoms with Crippen LogP contribution in [-0.2, 0) is 13.0 Å². The fourth-order valence-corrected chi connectivity index (χ4v) is 6.71. The number of halogens is 15. The smallest absolute Gasteiger partial charge is 0.200 e. The molecule has 1 unspecified atom stereocenters. The molecule has 5 rings (SSSR count). The molecule has 1 nitrogen and oxygen atoms in total. The molecule has 17 heteroatoms. The number of hydrogen-bond acceptors (Lipinski definition) is 0. The van der Waals surface area contributed by atoms with E-state index in [0.717, 1.165) is 0 Å². The molecule has 1 aliphatic rings. The molecule has 1 heterocycles. The van der Waals surface area contributed by atoms with E-state index in [4.69, 9.17) is 0 Å². The molecule has 0 aliphatic carbocycles. The number of quaternary nitrogens is 1. The number of benzene rings is 4. The quantitative estimate of drug-likeness (QED) is 0.0746. The van der Waals surface area contributed by atoms with Crippen LogP contribution < -0.4 is 16.4 Å². The van der Waals surface area contributed by atoms with Gasteiger partial charge >= 0.3 is 0 Å². The second-order valence-corrected chi connectivity index (χ2v) is 11.8. The van der Waals surface area contributed by atoms with Crippen LogP contribution in [0, 0.1) is 87.3 Å². The Morgan fingerprint density at radius 2 is 0.745 bits per heavy atom. The zero-order chi connectivity index (χ0) is 35.1. The van der Waals surface area contributed by atoms with Gasteiger partial charge in [0.1, 0.15) is 47.6 Å². The van der Waals surface area contributed by atoms with Crippen molar-refractivity contribution in [1.29, 1.82) is 0 Å². The van der Waals surface area contributed by atoms with Gasteiger partial charge in [-0.25, -0.2) is 65.9 Å². The van der Waals surface area contributed by atoms with Gasteiger partial charge in [0, 0.05) is 12.0 Å². The van der Waals surface area contributed by atoms with E-state index in [0.29, 0.717) is 11.1 Å². The second kappa shape index (κ2) is 11.5. The van der Waals surface area contributed by atoms with Crippen LogP contribution in [0.1, 0.15) is 11.1 Å². The van der Waals surface area contributed by atoms with Gasteiger partial charge in [0.05, 0.1) is 20.1 Å². The van der Waals surface area contributed by atoms with E-state index in [1.807, 2.05) is 0 Å². The van der Waals surface area contributed by atoms with E-state index in [2.05, 4.69) is 0 Å². The van der Waals surface area contributed by atoms with Crippen LogP contribution in [0.2, 0.25) is 6.32 Å². The number of hydrogen-bond donors (Lipinski definition) is 0. The van der Waals surface area contributed by atoms with Gasteiger partial charge in [0.15, 0.2) is 52.4 Å². The van der Waals surface area contributed by atoms with Gasteiger partial charge < -0.3 is 4.48 Å². The van der Waals surface area contributed by atoms with Crippen molar-refractivity contribution in [3.8, 4) is 0 Å². The van der Waals surface area contributed by atoms with Gasteiger partial charge in [0.25, 0.3) is 0 Å². The first-order valence-corrected chi connectivity index (χ1v) is 13.4. The Bertz CT molecular complexity index is 1720. The molecule has 250 valence electrons. The first kappa shape index (κ1) is 34.2. The lowest BCUT2D eigenvalue weighted by molar-refractivity contribution is -0.928. The van der Waals surface area contributed by atoms with Crippen molar-refractivity contribution in [2.24, 2.45) is 0 Å². The fraction of sp³-hybridized carbons (Fsp3) is 0.200. The third kappa shape index (κ3) is 4.87. The van der Waals surface area contributed by atoms with Crippen LogP contribution in [0.4, 0.5) is 65.9 Å². The van der Waals surface area contributed by atoms with Crippen molar-refractivity contribution >= 4 is 22.5 Å². The molecular formula is C30H17BF15N. The first-order valence-electron chi connectivity index (χ1n) is 13.4. The zero-order valence-corrected chi connectivity index (χ0v) is 23.7. The molecule has 4 aromatic carbocycles. The van der Waals surface area contributed by atoms with Gasteiger partial charge in [-0.2, -0.15) is 0 Å². The van der Waals surface area contributed by atoms with Crippen LogP contribution >= 0.6 is 0 Å². The van der Waals surface area contributed by atoms with Crippen LogP contribution in [0.5, 0.6) is 0 Å². The van der Waals surface area contributed by atoms with E-state index in [9.17, 15) is 39.5 Å². The predicted octanol–water partition coefficient (Wildman–Crippen LogP) is 6.44. The van der Waals surface area contributed by atoms with E-state index < -0.39 is 133 Å². The summed E-state index contributed by atoms with van der Waals surface area (Å²) < 4.78 is 226. The van der Waals surface area contributed by atoms with Gasteiger partial charge in [-0.3, -0.25) is 0 Å². The van der Waals surface area contributed by atoms with Gasteiger partial charge in [-0.1, -0.05) is 24.3 Å². The summed E-state index contributed by atoms with van der Waals surface area (Å²) in [4.78, 5) is 0. The summed E-state index contributed by atoms with van der Waals surface area (Å²) in [5.74, 6) is -44.8. The lowest BCUT2D eigenvalue weighted by Gasteiger charge is -2.51. The van der Waals surface area contributed by atoms with E-state index in [-0.39, 0.29) is 6.54 Å². The van der Waals surface area contributed by atoms with Crippen molar-refractivity contribution in [3.05, 3.63) is 123 Å². The molecule has 47 heavy (non-hydrogen) atoms. The van der Waals surface area contributed by atoms with E-state index in [1.165, 1.54) is 26.2 Å². The van der Waals surface area contributed by atoms with Crippen LogP contribution in [0.15, 0.2) is 24.3 Å². The Kier molecular flexibility index (Phi) is 8.39. The average Bonchev–Trinajstić information content (AvgIpc) is 3.03. The fourth-order valence-electron chi connectivity index (χ4n) is 6.71. The Balaban J connectivity index is 2.10. The number of likely N-dealkylation sites (N-methyl/N-ethyl adjacent to an activating group) is 1. The van der Waals surface area contributed by atoms with E-state index >= 15 is 26.3 Å². The maximum Gasteiger partial charge on any atom is 0.200 e. The van der Waals surface area contributed by atoms with Gasteiger partial charge in [0.2, 0.25) is 0 Å². The topological polar surface area (TPSA) is 0 Å². The molecule has 4 aromatic rings. The van der Waals surface area contributed by atoms with Crippen LogP contribution in [0.3, 0.4) is 0 Å². The Morgan fingerprint density at radius 1 is 0.468 bits per heavy atom. The van der Waals surface area contributed by atoms with Crippen molar-refractivity contribution in [2.45, 2.75) is 25.3 Å². The highest BCUT2D eigenvalue weighted by Gasteiger charge is 2.51. The second-order valence-electron chi connectivity index (χ2n) is 11.8. The number of rotatable bonds is 5. The third-order valence-corrected chi connectivity index (χ3v) is 8.98. The lowest BCUT2D eigenvalue weighted by atomic mass is 9.13. The SMILES string of the molecule is C[N+]1(C)Cc2ccccc2CC1C[B-](c1c(F)c(F)c(F)c(F)c1F)(c1c(F)c(F)c(F)c(F)c1F)c1c(F)c(F)c(F)c(F)c1F. The van der Waals surface area contributed by atoms with Crippen LogP contribution in [0.25, 0.3) is 0 Å². The van der Waals surface area contributed by atoms with Crippen molar-refractivity contribution in [2.75, 3.05) is 14.1 Å². The van der Waals surface area contributed by atoms with E-state index in [1.54, 1.807) is 12.1 Å². The molecule has 0 radical (unpaired) electrons. The highest BCUT2D eigenvalue weighted by molar-refractivity contribution is 7.11. The predicted molar refractivity (Wildman–Crippen MR) is 138 cm³/mol. The maximum atomic E-state index is 15.8. The van der Waals surface area contributed by atoms with Gasteiger partial charge in [-0.05, 0) is 5.56 Å². The molecule has 0 aromatic heterocycles. The summed E-state index contributed by atoms with van der Waals surface area (Å²) in [5.41, 5.74) is -6.81. The van der Waals surface area contributed by atoms with Crippen molar-refractivity contribution in [3.63, 3.8) is 0 Å². The Morgan fingerprint density at radius 3 is 1.06 bits per heavy atom. The molecule has 0 amide bonds. The van der Waals surface area contributed by atoms with Crippen molar-refractivity contribution in [1.82, 2.24) is 0 Å². The molecule has 1 atom stereocenters. The monoisotopic (exact) mass is 687 g/mol. The highest BCUT2D eigenvalue weighted by atomic mass is 19.2. The minimum Gasteiger partial charge on any atom is -0.325 e. The van der Waals surface area contributed by atoms with Crippen LogP contribution in [-0.4, -0.2) is 30.8 Å². The molecule has 0 fully saturated rings. The third-order valence-electron chi connectivity index (χ3n) is 8.98. The maximum absolute atomic E-state index is 15.8. The summed E-state index contributed by atoms with van der Waals surface area (Å²) in [5, 5.41) is 0. The number of nitrogens with zero attached hydrogens (tertiary/aromatic N) is 1. The molecule has 0 bridgehead atoms. The molecule has 0 saturated heterocycles. The Hall–Kier alpha value is -4.15. The summed E-state index contributed by atoms with van der Waals surface area (Å²) in [6.07, 6.45) is -7.71. The molecule has 0 saturated carbocycles. The molecule has 0 N–H and O–H groups in total. The summed E-state index contributed by atoms with van der Waals surface area (Å²) in [7, 11) is 2.63. The minimum absolute atomic E-state index is 0.113. The molecule has 1 aliphatic heterocycles. The standard InChI is InChI=1S/C30H17BF15N/c1-47(2)9-11-6-4-3-5-10(11)7-12(47)8-31(13-16(32)22(38)28(44)23(39)17(13)33,14-18(34)24(40)29(45)25(41)19(14)35)15-20(36)26(42)30(46)27(43)21(15)37/h3-6,12H,7-9H2,1-2H3. The Labute approximate surface area is 255 Å². The lowest BCUT2D eigenvalue weighted by Crippen LogP contribution is -2.75. The number of fused-ring (bicyclic) bond motifs is 1.